The topological polar surface area (TPSA) is 111 Å². The minimum Gasteiger partial charge on any atom is -0.496 e. The van der Waals surface area contributed by atoms with E-state index in [9.17, 15) is 9.59 Å². The number of benzene rings is 2. The largest absolute Gasteiger partial charge is 0.496 e. The number of carboxylic acids is 1. The first kappa shape index (κ1) is 18.9. The monoisotopic (exact) mass is 370 g/mol. The predicted octanol–water partition coefficient (Wildman–Crippen LogP) is 1.27. The summed E-state index contributed by atoms with van der Waals surface area (Å²) in [5, 5.41) is 12.1. The van der Waals surface area contributed by atoms with Crippen LogP contribution in [0, 0.1) is 0 Å². The first-order valence-electron chi connectivity index (χ1n) is 8.65. The van der Waals surface area contributed by atoms with Crippen LogP contribution < -0.4 is 20.5 Å². The van der Waals surface area contributed by atoms with Gasteiger partial charge in [-0.3, -0.25) is 10.1 Å². The Hall–Kier alpha value is -2.90. The van der Waals surface area contributed by atoms with Crippen LogP contribution in [0.4, 0.5) is 0 Å². The number of nitrogens with one attached hydrogen (secondary N) is 1. The van der Waals surface area contributed by atoms with E-state index in [1.807, 2.05) is 24.3 Å². The van der Waals surface area contributed by atoms with Crippen molar-refractivity contribution in [3.63, 3.8) is 0 Å². The van der Waals surface area contributed by atoms with Crippen molar-refractivity contribution < 1.29 is 24.2 Å². The number of esters is 1. The van der Waals surface area contributed by atoms with Gasteiger partial charge >= 0.3 is 11.9 Å². The predicted molar refractivity (Wildman–Crippen MR) is 98.7 cm³/mol. The third kappa shape index (κ3) is 4.45. The second-order valence-electron chi connectivity index (χ2n) is 6.45. The van der Waals surface area contributed by atoms with Gasteiger partial charge in [-0.1, -0.05) is 30.3 Å². The van der Waals surface area contributed by atoms with Gasteiger partial charge < -0.3 is 20.3 Å². The van der Waals surface area contributed by atoms with E-state index in [0.29, 0.717) is 30.0 Å². The summed E-state index contributed by atoms with van der Waals surface area (Å²) < 4.78 is 10.8. The van der Waals surface area contributed by atoms with Crippen LogP contribution in [0.2, 0.25) is 0 Å². The average Bonchev–Trinajstić information content (AvgIpc) is 2.68. The Kier molecular flexibility index (Phi) is 5.73. The van der Waals surface area contributed by atoms with Gasteiger partial charge in [0.2, 0.25) is 0 Å². The molecule has 7 heteroatoms. The molecule has 1 aliphatic heterocycles. The molecule has 0 saturated carbocycles. The van der Waals surface area contributed by atoms with Gasteiger partial charge in [0.25, 0.3) is 0 Å². The van der Waals surface area contributed by atoms with Gasteiger partial charge in [0.15, 0.2) is 0 Å². The second-order valence-corrected chi connectivity index (χ2v) is 6.45. The zero-order chi connectivity index (χ0) is 19.4. The highest BCUT2D eigenvalue weighted by Crippen LogP contribution is 2.26. The Bertz CT molecular complexity index is 852. The number of hydrogen-bond donors (Lipinski definition) is 3. The number of rotatable bonds is 6. The molecule has 1 aliphatic rings. The van der Waals surface area contributed by atoms with Gasteiger partial charge in [0, 0.05) is 19.0 Å². The molecule has 0 radical (unpaired) electrons. The maximum Gasteiger partial charge on any atom is 0.328 e. The highest BCUT2D eigenvalue weighted by molar-refractivity contribution is 5.79. The van der Waals surface area contributed by atoms with Gasteiger partial charge in [-0.25, -0.2) is 4.79 Å². The van der Waals surface area contributed by atoms with Crippen molar-refractivity contribution in [2.75, 3.05) is 7.11 Å². The van der Waals surface area contributed by atoms with E-state index in [1.165, 1.54) is 12.7 Å². The Morgan fingerprint density at radius 1 is 1.26 bits per heavy atom. The molecule has 0 saturated heterocycles. The van der Waals surface area contributed by atoms with Gasteiger partial charge in [-0.2, -0.15) is 0 Å². The fourth-order valence-corrected chi connectivity index (χ4v) is 3.09. The smallest absolute Gasteiger partial charge is 0.328 e. The lowest BCUT2D eigenvalue weighted by Crippen LogP contribution is -2.43. The molecule has 1 unspecified atom stereocenters. The Morgan fingerprint density at radius 3 is 2.70 bits per heavy atom. The molecule has 1 heterocycles. The van der Waals surface area contributed by atoms with E-state index in [-0.39, 0.29) is 12.4 Å². The second kappa shape index (κ2) is 8.20. The Balaban J connectivity index is 1.68. The molecule has 4 N–H and O–H groups in total. The van der Waals surface area contributed by atoms with Gasteiger partial charge in [-0.05, 0) is 29.2 Å². The summed E-state index contributed by atoms with van der Waals surface area (Å²) in [6.07, 6.45) is 0.686. The van der Waals surface area contributed by atoms with Crippen LogP contribution in [-0.2, 0) is 29.0 Å². The van der Waals surface area contributed by atoms with Crippen LogP contribution in [0.3, 0.4) is 0 Å². The van der Waals surface area contributed by atoms with Gasteiger partial charge in [0.05, 0.1) is 7.11 Å². The molecule has 7 nitrogen and oxygen atoms in total. The number of ether oxygens (including phenoxy) is 2. The molecule has 0 aromatic heterocycles. The summed E-state index contributed by atoms with van der Waals surface area (Å²) in [7, 11) is 1.47. The maximum atomic E-state index is 12.5. The van der Waals surface area contributed by atoms with Crippen LogP contribution in [0.15, 0.2) is 42.5 Å². The van der Waals surface area contributed by atoms with E-state index in [1.54, 1.807) is 18.2 Å². The van der Waals surface area contributed by atoms with Crippen molar-refractivity contribution >= 4 is 11.9 Å². The zero-order valence-electron chi connectivity index (χ0n) is 15.0. The third-order valence-corrected chi connectivity index (χ3v) is 4.60. The Morgan fingerprint density at radius 2 is 2.00 bits per heavy atom. The molecule has 2 aromatic carbocycles. The standard InChI is InChI=1S/C20H22N2O5/c1-26-18-10-15(7-6-13(18)8-16(21)19(23)24)27-20(25)17-9-12-4-2-3-5-14(12)11-22-17/h2-7,10,16-17,22H,8-9,11,21H2,1H3,(H,23,24)/t16-,17?/m0/s1. The molecule has 0 aliphatic carbocycles. The summed E-state index contributed by atoms with van der Waals surface area (Å²) >= 11 is 0. The van der Waals surface area contributed by atoms with Crippen LogP contribution in [0.25, 0.3) is 0 Å². The molecule has 0 amide bonds. The van der Waals surface area contributed by atoms with Gasteiger partial charge in [-0.15, -0.1) is 0 Å². The molecule has 27 heavy (non-hydrogen) atoms. The number of nitrogens with two attached hydrogens (primary N) is 1. The molecule has 2 aromatic rings. The minimum atomic E-state index is -1.09. The third-order valence-electron chi connectivity index (χ3n) is 4.60. The number of fused-ring (bicyclic) bond motifs is 1. The van der Waals surface area contributed by atoms with E-state index in [2.05, 4.69) is 5.32 Å². The number of carbonyl (C=O) groups is 2. The number of hydrogen-bond acceptors (Lipinski definition) is 6. The number of methoxy groups -OCH3 is 1. The van der Waals surface area contributed by atoms with E-state index in [4.69, 9.17) is 20.3 Å². The van der Waals surface area contributed by atoms with E-state index < -0.39 is 18.1 Å². The SMILES string of the molecule is COc1cc(OC(=O)C2Cc3ccccc3CN2)ccc1C[C@H](N)C(=O)O. The van der Waals surface area contributed by atoms with Crippen LogP contribution in [0.5, 0.6) is 11.5 Å². The first-order chi connectivity index (χ1) is 13.0. The summed E-state index contributed by atoms with van der Waals surface area (Å²) in [5.41, 5.74) is 8.53. The molecule has 2 atom stereocenters. The van der Waals surface area contributed by atoms with Crippen molar-refractivity contribution in [2.24, 2.45) is 5.73 Å². The molecule has 0 spiro atoms. The van der Waals surface area contributed by atoms with Crippen LogP contribution in [-0.4, -0.2) is 36.2 Å². The highest BCUT2D eigenvalue weighted by Gasteiger charge is 2.26. The quantitative estimate of drug-likeness (QED) is 0.519. The fourth-order valence-electron chi connectivity index (χ4n) is 3.09. The summed E-state index contributed by atoms with van der Waals surface area (Å²) in [5.74, 6) is -0.693. The average molecular weight is 370 g/mol. The van der Waals surface area contributed by atoms with Gasteiger partial charge in [0.1, 0.15) is 23.6 Å². The molecule has 0 fully saturated rings. The summed E-state index contributed by atoms with van der Waals surface area (Å²) in [6.45, 7) is 0.616. The molecular formula is C20H22N2O5. The normalized spacial score (nSPS) is 16.9. The molecule has 142 valence electrons. The lowest BCUT2D eigenvalue weighted by atomic mass is 9.96. The van der Waals surface area contributed by atoms with Crippen LogP contribution >= 0.6 is 0 Å². The fraction of sp³-hybridized carbons (Fsp3) is 0.300. The van der Waals surface area contributed by atoms with Crippen molar-refractivity contribution in [1.82, 2.24) is 5.32 Å². The van der Waals surface area contributed by atoms with Crippen molar-refractivity contribution in [3.8, 4) is 11.5 Å². The first-order valence-corrected chi connectivity index (χ1v) is 8.65. The van der Waals surface area contributed by atoms with Crippen molar-refractivity contribution in [2.45, 2.75) is 31.5 Å². The van der Waals surface area contributed by atoms with E-state index >= 15 is 0 Å². The van der Waals surface area contributed by atoms with E-state index in [0.717, 1.165) is 5.56 Å². The lowest BCUT2D eigenvalue weighted by Gasteiger charge is -2.24. The lowest BCUT2D eigenvalue weighted by molar-refractivity contribution is -0.138. The molecule has 3 rings (SSSR count). The Labute approximate surface area is 157 Å². The molecular weight excluding hydrogens is 348 g/mol. The van der Waals surface area contributed by atoms with Crippen molar-refractivity contribution in [1.29, 1.82) is 0 Å². The maximum absolute atomic E-state index is 12.5. The summed E-state index contributed by atoms with van der Waals surface area (Å²) in [6, 6.07) is 11.4. The highest BCUT2D eigenvalue weighted by atomic mass is 16.5. The van der Waals surface area contributed by atoms with Crippen LogP contribution in [0.1, 0.15) is 16.7 Å². The number of carbonyl (C=O) groups excluding carboxylic acids is 1. The minimum absolute atomic E-state index is 0.119. The van der Waals surface area contributed by atoms with Crippen molar-refractivity contribution in [3.05, 3.63) is 59.2 Å². The zero-order valence-corrected chi connectivity index (χ0v) is 15.0. The summed E-state index contributed by atoms with van der Waals surface area (Å²) in [4.78, 5) is 23.4. The molecule has 0 bridgehead atoms. The number of carboxylic acid groups (broad SMARTS) is 1. The number of aliphatic carboxylic acids is 1.